The molecule has 0 fully saturated rings. The third-order valence-electron chi connectivity index (χ3n) is 14.4. The predicted molar refractivity (Wildman–Crippen MR) is 291 cm³/mol. The highest BCUT2D eigenvalue weighted by Crippen LogP contribution is 2.46. The summed E-state index contributed by atoms with van der Waals surface area (Å²) in [6.07, 6.45) is 3.55. The molecule has 4 N–H and O–H groups in total. The number of nitrogens with zero attached hydrogens (tertiary/aromatic N) is 2. The van der Waals surface area contributed by atoms with E-state index < -0.39 is 0 Å². The summed E-state index contributed by atoms with van der Waals surface area (Å²) in [5, 5.41) is 4.64. The molecule has 0 spiro atoms. The molecule has 4 amide bonds. The number of methoxy groups -OCH3 is 6. The molecule has 0 bridgehead atoms. The maximum atomic E-state index is 14.1. The normalized spacial score (nSPS) is 13.5. The molecule has 16 nitrogen and oxygen atoms in total. The summed E-state index contributed by atoms with van der Waals surface area (Å²) in [5.41, 5.74) is 9.30. The second kappa shape index (κ2) is 18.5. The smallest absolute Gasteiger partial charge is 0.262 e. The van der Waals surface area contributed by atoms with Crippen molar-refractivity contribution in [3.05, 3.63) is 167 Å². The SMILES string of the molecule is COc1ccc(CN2C(=O)C(c3c[nH]c4ccc(OC)cc34)=C(c3c[nH]c4ccc(OC)cc34)C2=O)cc1.COc1ccc(CN2C(=O)c3c(c4c5cc(OC)ccc5[nH]c4c4[nH]c5ccc(OC)cc5c34)C2=O)cc1. The number of hydrogen-bond acceptors (Lipinski definition) is 10. The van der Waals surface area contributed by atoms with Gasteiger partial charge in [0.25, 0.3) is 23.6 Å². The minimum atomic E-state index is -0.359. The van der Waals surface area contributed by atoms with E-state index in [-0.39, 0.29) is 36.7 Å². The lowest BCUT2D eigenvalue weighted by molar-refractivity contribution is -0.136. The quantitative estimate of drug-likeness (QED) is 0.0856. The Bertz CT molecular complexity index is 4010. The number of carbonyl (C=O) groups excluding carboxylic acids is 4. The summed E-state index contributed by atoms with van der Waals surface area (Å²) in [6, 6.07) is 37.3. The number of nitrogens with one attached hydrogen (secondary N) is 4. The van der Waals surface area contributed by atoms with Gasteiger partial charge in [-0.3, -0.25) is 29.0 Å². The molecule has 0 saturated heterocycles. The summed E-state index contributed by atoms with van der Waals surface area (Å²) in [5.74, 6) is 2.69. The number of aromatic nitrogens is 4. The molecular weight excluding hydrogens is 965 g/mol. The van der Waals surface area contributed by atoms with Gasteiger partial charge in [0.15, 0.2) is 0 Å². The van der Waals surface area contributed by atoms with Crippen LogP contribution in [0.15, 0.2) is 134 Å². The number of hydrogen-bond donors (Lipinski definition) is 4. The van der Waals surface area contributed by atoms with E-state index in [2.05, 4.69) is 19.9 Å². The van der Waals surface area contributed by atoms with Crippen LogP contribution in [0.2, 0.25) is 0 Å². The van der Waals surface area contributed by atoms with Gasteiger partial charge >= 0.3 is 0 Å². The molecule has 11 aromatic rings. The molecule has 16 heteroatoms. The van der Waals surface area contributed by atoms with Gasteiger partial charge in [0.05, 0.1) is 89.1 Å². The average Bonchev–Trinajstić information content (AvgIpc) is 4.51. The van der Waals surface area contributed by atoms with E-state index in [0.717, 1.165) is 65.8 Å². The van der Waals surface area contributed by atoms with Crippen molar-refractivity contribution < 1.29 is 47.6 Å². The number of benzene rings is 7. The minimum Gasteiger partial charge on any atom is -0.497 e. The first-order valence-corrected chi connectivity index (χ1v) is 24.2. The van der Waals surface area contributed by atoms with Crippen molar-refractivity contribution in [2.24, 2.45) is 0 Å². The number of imide groups is 2. The molecule has 0 radical (unpaired) electrons. The largest absolute Gasteiger partial charge is 0.497 e. The zero-order valence-electron chi connectivity index (χ0n) is 42.1. The van der Waals surface area contributed by atoms with Gasteiger partial charge in [-0.2, -0.15) is 0 Å². The molecular formula is C60H48N6O10. The van der Waals surface area contributed by atoms with Crippen molar-refractivity contribution >= 4 is 100 Å². The molecule has 76 heavy (non-hydrogen) atoms. The van der Waals surface area contributed by atoms with E-state index >= 15 is 0 Å². The van der Waals surface area contributed by atoms with Crippen LogP contribution in [0.4, 0.5) is 0 Å². The zero-order valence-corrected chi connectivity index (χ0v) is 42.1. The van der Waals surface area contributed by atoms with E-state index in [1.54, 1.807) is 55.1 Å². The van der Waals surface area contributed by atoms with Crippen molar-refractivity contribution in [1.82, 2.24) is 29.7 Å². The van der Waals surface area contributed by atoms with Crippen LogP contribution >= 0.6 is 0 Å². The van der Waals surface area contributed by atoms with Crippen molar-refractivity contribution in [3.63, 3.8) is 0 Å². The van der Waals surface area contributed by atoms with Crippen molar-refractivity contribution in [3.8, 4) is 34.5 Å². The van der Waals surface area contributed by atoms with Crippen molar-refractivity contribution in [1.29, 1.82) is 0 Å². The third kappa shape index (κ3) is 7.51. The Morgan fingerprint density at radius 1 is 0.368 bits per heavy atom. The fourth-order valence-electron chi connectivity index (χ4n) is 10.6. The molecule has 0 unspecified atom stereocenters. The van der Waals surface area contributed by atoms with Gasteiger partial charge in [0.1, 0.15) is 34.5 Å². The Kier molecular flexibility index (Phi) is 11.5. The molecule has 378 valence electrons. The molecule has 0 aliphatic carbocycles. The Hall–Kier alpha value is -9.96. The van der Waals surface area contributed by atoms with Gasteiger partial charge in [-0.15, -0.1) is 0 Å². The van der Waals surface area contributed by atoms with Gasteiger partial charge in [-0.05, 0) is 108 Å². The fourth-order valence-corrected chi connectivity index (χ4v) is 10.6. The maximum Gasteiger partial charge on any atom is 0.262 e. The van der Waals surface area contributed by atoms with Crippen LogP contribution in [0.25, 0.3) is 76.6 Å². The highest BCUT2D eigenvalue weighted by Gasteiger charge is 2.43. The standard InChI is InChI=1S/C30H23N3O5.C30H25N3O5/c1-36-16-6-4-15(5-7-16)14-33-29(34)25-23-19-12-17(37-2)8-10-21(19)31-27(23)28-24(26(25)30(33)35)20-13-18(38-3)9-11-22(20)32-28;1-36-18-6-4-17(5-7-18)16-33-29(34)27(23-14-31-25-10-8-19(37-2)12-21(23)25)28(30(33)35)24-15-32-26-11-9-20(38-3)13-22(24)26/h4-13,31-32H,14H2,1-3H3;4-15,31-32H,16H2,1-3H3. The minimum absolute atomic E-state index is 0.131. The Labute approximate surface area is 433 Å². The second-order valence-corrected chi connectivity index (χ2v) is 18.4. The van der Waals surface area contributed by atoms with E-state index in [9.17, 15) is 19.2 Å². The Morgan fingerprint density at radius 3 is 1.04 bits per heavy atom. The lowest BCUT2D eigenvalue weighted by atomic mass is 9.95. The average molecular weight is 1010 g/mol. The van der Waals surface area contributed by atoms with Crippen LogP contribution in [0.5, 0.6) is 34.5 Å². The Balaban J connectivity index is 0.000000153. The molecule has 7 aromatic carbocycles. The second-order valence-electron chi connectivity index (χ2n) is 18.4. The van der Waals surface area contributed by atoms with Gasteiger partial charge < -0.3 is 48.4 Å². The van der Waals surface area contributed by atoms with E-state index in [1.165, 1.54) is 9.80 Å². The van der Waals surface area contributed by atoms with Crippen molar-refractivity contribution in [2.75, 3.05) is 42.7 Å². The molecule has 13 rings (SSSR count). The predicted octanol–water partition coefficient (Wildman–Crippen LogP) is 10.9. The molecule has 6 heterocycles. The monoisotopic (exact) mass is 1010 g/mol. The summed E-state index contributed by atoms with van der Waals surface area (Å²) < 4.78 is 32.3. The number of rotatable bonds is 12. The van der Waals surface area contributed by atoms with Gasteiger partial charge in [0.2, 0.25) is 0 Å². The number of ether oxygens (including phenoxy) is 6. The number of aromatic amines is 4. The van der Waals surface area contributed by atoms with Crippen LogP contribution in [0, 0.1) is 0 Å². The van der Waals surface area contributed by atoms with Crippen LogP contribution in [0.3, 0.4) is 0 Å². The maximum absolute atomic E-state index is 14.1. The molecule has 0 saturated carbocycles. The van der Waals surface area contributed by atoms with Crippen LogP contribution < -0.4 is 28.4 Å². The summed E-state index contributed by atoms with van der Waals surface area (Å²) in [4.78, 5) is 72.3. The van der Waals surface area contributed by atoms with E-state index in [0.29, 0.717) is 78.7 Å². The number of H-pyrrole nitrogens is 4. The Morgan fingerprint density at radius 2 is 0.684 bits per heavy atom. The lowest BCUT2D eigenvalue weighted by Crippen LogP contribution is -2.30. The number of amides is 4. The van der Waals surface area contributed by atoms with Gasteiger partial charge in [-0.1, -0.05) is 24.3 Å². The van der Waals surface area contributed by atoms with Crippen LogP contribution in [-0.2, 0) is 22.7 Å². The summed E-state index contributed by atoms with van der Waals surface area (Å²) in [6.45, 7) is 0.280. The first kappa shape index (κ1) is 47.1. The van der Waals surface area contributed by atoms with Crippen LogP contribution in [-0.4, -0.2) is 96.0 Å². The first-order chi connectivity index (χ1) is 37.0. The number of carbonyl (C=O) groups is 4. The van der Waals surface area contributed by atoms with E-state index in [4.69, 9.17) is 28.4 Å². The summed E-state index contributed by atoms with van der Waals surface area (Å²) in [7, 11) is 9.60. The topological polar surface area (TPSA) is 193 Å². The van der Waals surface area contributed by atoms with Gasteiger partial charge in [0, 0.05) is 77.9 Å². The number of fused-ring (bicyclic) bond motifs is 12. The fraction of sp³-hybridized carbons (Fsp3) is 0.133. The zero-order chi connectivity index (χ0) is 52.5. The molecule has 2 aliphatic heterocycles. The highest BCUT2D eigenvalue weighted by molar-refractivity contribution is 6.50. The molecule has 0 atom stereocenters. The summed E-state index contributed by atoms with van der Waals surface area (Å²) >= 11 is 0. The highest BCUT2D eigenvalue weighted by atomic mass is 16.5. The molecule has 2 aliphatic rings. The lowest BCUT2D eigenvalue weighted by Gasteiger charge is -2.15. The van der Waals surface area contributed by atoms with Crippen molar-refractivity contribution in [2.45, 2.75) is 13.1 Å². The van der Waals surface area contributed by atoms with Crippen LogP contribution in [0.1, 0.15) is 43.0 Å². The van der Waals surface area contributed by atoms with Gasteiger partial charge in [-0.25, -0.2) is 0 Å². The third-order valence-corrected chi connectivity index (χ3v) is 14.4. The van der Waals surface area contributed by atoms with E-state index in [1.807, 2.05) is 121 Å². The first-order valence-electron chi connectivity index (χ1n) is 24.2. The molecule has 4 aromatic heterocycles.